The fourth-order valence-electron chi connectivity index (χ4n) is 2.68. The van der Waals surface area contributed by atoms with Crippen LogP contribution in [0.1, 0.15) is 43.0 Å². The molecule has 0 saturated heterocycles. The number of pyridine rings is 1. The summed E-state index contributed by atoms with van der Waals surface area (Å²) in [5, 5.41) is 0. The van der Waals surface area contributed by atoms with E-state index in [4.69, 9.17) is 4.74 Å². The van der Waals surface area contributed by atoms with Gasteiger partial charge in [0.1, 0.15) is 5.75 Å². The lowest BCUT2D eigenvalue weighted by molar-refractivity contribution is 0.414. The third kappa shape index (κ3) is 2.69. The zero-order valence-electron chi connectivity index (χ0n) is 13.0. The predicted molar refractivity (Wildman–Crippen MR) is 84.4 cm³/mol. The van der Waals surface area contributed by atoms with E-state index in [1.165, 1.54) is 27.9 Å². The third-order valence-corrected chi connectivity index (χ3v) is 3.93. The number of hydrogen-bond acceptors (Lipinski definition) is 2. The van der Waals surface area contributed by atoms with E-state index < -0.39 is 0 Å². The Hall–Kier alpha value is -1.83. The van der Waals surface area contributed by atoms with Gasteiger partial charge in [0.05, 0.1) is 12.8 Å². The molecule has 0 fully saturated rings. The zero-order valence-corrected chi connectivity index (χ0v) is 13.0. The molecule has 2 aromatic rings. The van der Waals surface area contributed by atoms with Gasteiger partial charge in [0.2, 0.25) is 0 Å². The van der Waals surface area contributed by atoms with Gasteiger partial charge in [-0.3, -0.25) is 4.98 Å². The first-order valence-electron chi connectivity index (χ1n) is 7.19. The monoisotopic (exact) mass is 269 g/mol. The van der Waals surface area contributed by atoms with Gasteiger partial charge in [-0.2, -0.15) is 0 Å². The van der Waals surface area contributed by atoms with Crippen molar-refractivity contribution in [1.82, 2.24) is 4.98 Å². The van der Waals surface area contributed by atoms with Gasteiger partial charge in [-0.25, -0.2) is 0 Å². The molecule has 0 amide bonds. The number of rotatable bonds is 4. The lowest BCUT2D eigenvalue weighted by Gasteiger charge is -2.18. The first-order chi connectivity index (χ1) is 9.58. The van der Waals surface area contributed by atoms with E-state index in [9.17, 15) is 0 Å². The molecule has 0 radical (unpaired) electrons. The van der Waals surface area contributed by atoms with Crippen LogP contribution in [0, 0.1) is 13.8 Å². The Labute approximate surface area is 121 Å². The Morgan fingerprint density at radius 3 is 2.40 bits per heavy atom. The summed E-state index contributed by atoms with van der Waals surface area (Å²) < 4.78 is 5.35. The summed E-state index contributed by atoms with van der Waals surface area (Å²) in [6.07, 6.45) is 2.98. The molecule has 0 spiro atoms. The standard InChI is InChI=1S/C18H23NO/c1-6-12(2)18-16(8-7-9-19-18)17-13(3)10-15(20-5)11-14(17)4/h7-12H,6H2,1-5H3. The summed E-state index contributed by atoms with van der Waals surface area (Å²) in [4.78, 5) is 4.62. The summed E-state index contributed by atoms with van der Waals surface area (Å²) in [5.41, 5.74) is 6.19. The minimum Gasteiger partial charge on any atom is -0.497 e. The van der Waals surface area contributed by atoms with Gasteiger partial charge in [0.15, 0.2) is 0 Å². The maximum absolute atomic E-state index is 5.35. The number of aromatic nitrogens is 1. The van der Waals surface area contributed by atoms with Gasteiger partial charge in [0, 0.05) is 11.8 Å². The molecule has 0 aliphatic heterocycles. The number of methoxy groups -OCH3 is 1. The normalized spacial score (nSPS) is 12.2. The molecule has 2 heteroatoms. The SMILES string of the molecule is CCC(C)c1ncccc1-c1c(C)cc(OC)cc1C. The Morgan fingerprint density at radius 1 is 1.20 bits per heavy atom. The smallest absolute Gasteiger partial charge is 0.119 e. The first-order valence-corrected chi connectivity index (χ1v) is 7.19. The quantitative estimate of drug-likeness (QED) is 0.788. The summed E-state index contributed by atoms with van der Waals surface area (Å²) >= 11 is 0. The van der Waals surface area contributed by atoms with Gasteiger partial charge in [0.25, 0.3) is 0 Å². The summed E-state index contributed by atoms with van der Waals surface area (Å²) in [7, 11) is 1.71. The fourth-order valence-corrected chi connectivity index (χ4v) is 2.68. The summed E-state index contributed by atoms with van der Waals surface area (Å²) in [6, 6.07) is 8.38. The minimum atomic E-state index is 0.465. The number of hydrogen-bond donors (Lipinski definition) is 0. The van der Waals surface area contributed by atoms with Crippen LogP contribution >= 0.6 is 0 Å². The van der Waals surface area contributed by atoms with E-state index >= 15 is 0 Å². The topological polar surface area (TPSA) is 22.1 Å². The molecule has 2 nitrogen and oxygen atoms in total. The lowest BCUT2D eigenvalue weighted by atomic mass is 9.90. The van der Waals surface area contributed by atoms with Crippen molar-refractivity contribution < 1.29 is 4.74 Å². The first kappa shape index (κ1) is 14.6. The van der Waals surface area contributed by atoms with E-state index in [0.717, 1.165) is 12.2 Å². The molecule has 1 unspecified atom stereocenters. The van der Waals surface area contributed by atoms with Crippen LogP contribution in [-0.4, -0.2) is 12.1 Å². The average molecular weight is 269 g/mol. The van der Waals surface area contributed by atoms with Crippen LogP contribution in [0.3, 0.4) is 0 Å². The van der Waals surface area contributed by atoms with E-state index in [0.29, 0.717) is 5.92 Å². The number of nitrogens with zero attached hydrogens (tertiary/aromatic N) is 1. The zero-order chi connectivity index (χ0) is 14.7. The number of aryl methyl sites for hydroxylation is 2. The highest BCUT2D eigenvalue weighted by molar-refractivity contribution is 5.74. The molecular weight excluding hydrogens is 246 g/mol. The van der Waals surface area contributed by atoms with Gasteiger partial charge < -0.3 is 4.74 Å². The molecular formula is C18H23NO. The van der Waals surface area contributed by atoms with Crippen LogP contribution < -0.4 is 4.74 Å². The van der Waals surface area contributed by atoms with Crippen LogP contribution in [0.2, 0.25) is 0 Å². The maximum atomic E-state index is 5.35. The Morgan fingerprint density at radius 2 is 1.85 bits per heavy atom. The Kier molecular flexibility index (Phi) is 4.43. The van der Waals surface area contributed by atoms with Crippen molar-refractivity contribution >= 4 is 0 Å². The van der Waals surface area contributed by atoms with Crippen LogP contribution in [0.25, 0.3) is 11.1 Å². The van der Waals surface area contributed by atoms with Gasteiger partial charge in [-0.1, -0.05) is 19.9 Å². The molecule has 1 aromatic heterocycles. The maximum Gasteiger partial charge on any atom is 0.119 e. The number of ether oxygens (including phenoxy) is 1. The second-order valence-corrected chi connectivity index (χ2v) is 5.38. The fraction of sp³-hybridized carbons (Fsp3) is 0.389. The van der Waals surface area contributed by atoms with E-state index in [1.807, 2.05) is 12.3 Å². The Balaban J connectivity index is 2.63. The van der Waals surface area contributed by atoms with Crippen LogP contribution in [-0.2, 0) is 0 Å². The molecule has 0 N–H and O–H groups in total. The van der Waals surface area contributed by atoms with E-state index in [2.05, 4.69) is 50.9 Å². The average Bonchev–Trinajstić information content (AvgIpc) is 2.46. The molecule has 1 aromatic carbocycles. The predicted octanol–water partition coefficient (Wildman–Crippen LogP) is 4.89. The van der Waals surface area contributed by atoms with Crippen LogP contribution in [0.4, 0.5) is 0 Å². The highest BCUT2D eigenvalue weighted by Crippen LogP contribution is 2.35. The second kappa shape index (κ2) is 6.08. The van der Waals surface area contributed by atoms with Crippen LogP contribution in [0.15, 0.2) is 30.5 Å². The van der Waals surface area contributed by atoms with Gasteiger partial charge in [-0.15, -0.1) is 0 Å². The largest absolute Gasteiger partial charge is 0.497 e. The lowest BCUT2D eigenvalue weighted by Crippen LogP contribution is -2.01. The number of benzene rings is 1. The molecule has 106 valence electrons. The third-order valence-electron chi connectivity index (χ3n) is 3.93. The molecule has 0 saturated carbocycles. The summed E-state index contributed by atoms with van der Waals surface area (Å²) in [5.74, 6) is 1.38. The molecule has 0 aliphatic carbocycles. The molecule has 1 heterocycles. The minimum absolute atomic E-state index is 0.465. The van der Waals surface area contributed by atoms with E-state index in [1.54, 1.807) is 7.11 Å². The van der Waals surface area contributed by atoms with Crippen LogP contribution in [0.5, 0.6) is 5.75 Å². The molecule has 0 bridgehead atoms. The van der Waals surface area contributed by atoms with Crippen molar-refractivity contribution in [3.05, 3.63) is 47.3 Å². The highest BCUT2D eigenvalue weighted by Gasteiger charge is 2.15. The van der Waals surface area contributed by atoms with Crippen molar-refractivity contribution in [2.45, 2.75) is 40.0 Å². The molecule has 1 atom stereocenters. The van der Waals surface area contributed by atoms with Crippen molar-refractivity contribution in [2.75, 3.05) is 7.11 Å². The van der Waals surface area contributed by atoms with Crippen molar-refractivity contribution in [3.8, 4) is 16.9 Å². The van der Waals surface area contributed by atoms with Crippen molar-refractivity contribution in [3.63, 3.8) is 0 Å². The van der Waals surface area contributed by atoms with Gasteiger partial charge in [-0.05, 0) is 61.1 Å². The van der Waals surface area contributed by atoms with Crippen molar-refractivity contribution in [2.24, 2.45) is 0 Å². The Bertz CT molecular complexity index is 581. The van der Waals surface area contributed by atoms with E-state index in [-0.39, 0.29) is 0 Å². The molecule has 20 heavy (non-hydrogen) atoms. The van der Waals surface area contributed by atoms with Crippen molar-refractivity contribution in [1.29, 1.82) is 0 Å². The summed E-state index contributed by atoms with van der Waals surface area (Å²) in [6.45, 7) is 8.72. The second-order valence-electron chi connectivity index (χ2n) is 5.38. The molecule has 0 aliphatic rings. The van der Waals surface area contributed by atoms with Gasteiger partial charge >= 0.3 is 0 Å². The highest BCUT2D eigenvalue weighted by atomic mass is 16.5. The molecule has 2 rings (SSSR count).